The van der Waals surface area contributed by atoms with Crippen molar-refractivity contribution in [3.05, 3.63) is 41.5 Å². The van der Waals surface area contributed by atoms with Gasteiger partial charge in [0.1, 0.15) is 11.8 Å². The van der Waals surface area contributed by atoms with E-state index in [9.17, 15) is 9.18 Å². The summed E-state index contributed by atoms with van der Waals surface area (Å²) in [6, 6.07) is 6.17. The molecule has 346 valence electrons. The Labute approximate surface area is 381 Å². The summed E-state index contributed by atoms with van der Waals surface area (Å²) in [6.45, 7) is 20.3. The van der Waals surface area contributed by atoms with Crippen LogP contribution in [0.15, 0.2) is 24.3 Å². The van der Waals surface area contributed by atoms with Gasteiger partial charge in [0.25, 0.3) is 0 Å². The van der Waals surface area contributed by atoms with Gasteiger partial charge in [0, 0.05) is 19.5 Å². The molecule has 4 aromatic rings. The topological polar surface area (TPSA) is 102 Å². The molecule has 5 heterocycles. The van der Waals surface area contributed by atoms with Crippen LogP contribution in [-0.2, 0) is 15.8 Å². The minimum atomic E-state index is -2.36. The first kappa shape index (κ1) is 47.9. The Hall–Kier alpha value is -4.03. The number of carbonyl (C=O) groups is 1. The third-order valence-corrected chi connectivity index (χ3v) is 20.1. The summed E-state index contributed by atoms with van der Waals surface area (Å²) in [5, 5.41) is 4.14. The third-order valence-electron chi connectivity index (χ3n) is 13.2. The van der Waals surface area contributed by atoms with E-state index in [-0.39, 0.29) is 79.7 Å². The van der Waals surface area contributed by atoms with Crippen molar-refractivity contribution in [2.75, 3.05) is 44.9 Å². The fourth-order valence-electron chi connectivity index (χ4n) is 10.4. The number of nitrogens with zero attached hydrogens (tertiary/aromatic N) is 6. The molecule has 7 rings (SSSR count). The van der Waals surface area contributed by atoms with E-state index in [2.05, 4.69) is 65.7 Å². The molecule has 1 amide bonds. The first-order chi connectivity index (χ1) is 30.3. The predicted molar refractivity (Wildman–Crippen MR) is 254 cm³/mol. The van der Waals surface area contributed by atoms with Crippen LogP contribution in [0.4, 0.5) is 23.8 Å². The van der Waals surface area contributed by atoms with Crippen LogP contribution in [-0.4, -0.2) is 96.2 Å². The number of rotatable bonds is 10. The fourth-order valence-corrected chi connectivity index (χ4v) is 16.1. The number of halogens is 3. The molecular weight excluding hydrogens is 877 g/mol. The van der Waals surface area contributed by atoms with Gasteiger partial charge >= 0.3 is 268 Å². The van der Waals surface area contributed by atoms with Crippen LogP contribution in [0, 0.1) is 23.1 Å². The number of carbonyl (C=O) groups excluding carboxylic acids is 1. The molecule has 3 fully saturated rings. The van der Waals surface area contributed by atoms with Crippen LogP contribution in [0.2, 0.25) is 16.6 Å². The molecule has 0 N–H and O–H groups in total. The first-order valence-corrected chi connectivity index (χ1v) is 26.6. The molecule has 2 aromatic heterocycles. The number of benzene rings is 2. The number of amides is 1. The van der Waals surface area contributed by atoms with Crippen molar-refractivity contribution in [2.45, 2.75) is 135 Å². The molecule has 2 atom stereocenters. The maximum atomic E-state index is 18.1. The number of alkyl halides is 1. The summed E-state index contributed by atoms with van der Waals surface area (Å²) in [5.41, 5.74) is 3.04. The molecule has 3 aliphatic heterocycles. The Morgan fingerprint density at radius 3 is 2.38 bits per heavy atom. The third kappa shape index (κ3) is 9.20. The van der Waals surface area contributed by atoms with Gasteiger partial charge in [-0.15, -0.1) is 0 Å². The van der Waals surface area contributed by atoms with Crippen LogP contribution in [0.1, 0.15) is 106 Å². The number of hydrogen-bond donors (Lipinski definition) is 0. The van der Waals surface area contributed by atoms with E-state index in [0.29, 0.717) is 55.4 Å². The number of hydrogen-bond acceptors (Lipinski definition) is 11. The molecule has 3 aliphatic rings. The summed E-state index contributed by atoms with van der Waals surface area (Å²) >= 11 is 0.282. The molecule has 64 heavy (non-hydrogen) atoms. The average molecular weight is 938 g/mol. The maximum absolute atomic E-state index is 18.1. The summed E-state index contributed by atoms with van der Waals surface area (Å²) in [6.07, 6.45) is 2.51. The van der Waals surface area contributed by atoms with Crippen LogP contribution in [0.5, 0.6) is 17.6 Å². The van der Waals surface area contributed by atoms with Crippen molar-refractivity contribution in [1.82, 2.24) is 24.9 Å². The second-order valence-electron chi connectivity index (χ2n) is 19.3. The van der Waals surface area contributed by atoms with E-state index in [1.807, 2.05) is 0 Å². The molecule has 0 unspecified atom stereocenters. The number of fused-ring (bicyclic) bond motifs is 3. The second-order valence-corrected chi connectivity index (χ2v) is 25.7. The Morgan fingerprint density at radius 1 is 0.984 bits per heavy atom. The zero-order valence-corrected chi connectivity index (χ0v) is 41.4. The Kier molecular flexibility index (Phi) is 14.3. The summed E-state index contributed by atoms with van der Waals surface area (Å²) in [4.78, 5) is 30.5. The van der Waals surface area contributed by atoms with E-state index >= 15 is 8.78 Å². The molecule has 17 heteroatoms. The molecule has 2 aromatic carbocycles. The van der Waals surface area contributed by atoms with Crippen molar-refractivity contribution in [2.24, 2.45) is 0 Å². The van der Waals surface area contributed by atoms with E-state index in [0.717, 1.165) is 25.8 Å². The Bertz CT molecular complexity index is 2520. The van der Waals surface area contributed by atoms with Crippen molar-refractivity contribution in [3.63, 3.8) is 0 Å². The van der Waals surface area contributed by atoms with Gasteiger partial charge in [-0.05, 0) is 59.4 Å². The van der Waals surface area contributed by atoms with Gasteiger partial charge in [-0.2, -0.15) is 0 Å². The molecule has 0 saturated carbocycles. The van der Waals surface area contributed by atoms with Gasteiger partial charge in [-0.1, -0.05) is 0 Å². The Balaban J connectivity index is 1.51. The van der Waals surface area contributed by atoms with Gasteiger partial charge in [0.15, 0.2) is 0 Å². The SMILES string of the molecule is COc1nc(-c2cc(O[SH-]#P)cc3ccc(F)c(C#C[Si](C(C)C)(C(C)C)C(C)C)c23)c(F)c2nc(OC[C@@]34CCCN3C[C@H](F)C4)nc(N3CCCCCN3C(=O)OC(C)(C)C)c12. The van der Waals surface area contributed by atoms with Crippen molar-refractivity contribution >= 4 is 60.5 Å². The zero-order valence-electron chi connectivity index (χ0n) is 38.6. The van der Waals surface area contributed by atoms with Gasteiger partial charge in [-0.3, -0.25) is 4.90 Å². The van der Waals surface area contributed by atoms with Gasteiger partial charge in [-0.25, -0.2) is 9.18 Å². The molecule has 0 aliphatic carbocycles. The number of ether oxygens (including phenoxy) is 3. The average Bonchev–Trinajstić information content (AvgIpc) is 3.63. The standard InChI is InChI=1S/C47H61F3N6O5PSSi/c1-28(2)64(29(3)4,30(5)6)22-17-34-36(49)16-15-31-23-33(61-63-62)24-35(37(31)34)40-39(50)41-38(43(51-40)58-10)42(55-20-12-11-13-21-56(55)45(57)60-46(7,8)9)53-44(52-41)59-27-47-18-14-19-54(47)26-32(48)25-47/h15-16,23-24,28-30,32,63H,11-14,18-21,25-27H2,1-10H3/q-1/t32-,47+/m1/s1. The molecule has 0 bridgehead atoms. The van der Waals surface area contributed by atoms with Crippen molar-refractivity contribution < 1.29 is 36.4 Å². The minimum absolute atomic E-state index is 0.0420. The van der Waals surface area contributed by atoms with Crippen LogP contribution in [0.3, 0.4) is 0 Å². The fraction of sp³-hybridized carbons (Fsp3) is 0.574. The number of hydrazine groups is 1. The van der Waals surface area contributed by atoms with E-state index < -0.39 is 43.1 Å². The van der Waals surface area contributed by atoms with Crippen molar-refractivity contribution in [1.29, 1.82) is 0 Å². The number of pyridine rings is 1. The molecule has 0 spiro atoms. The molecule has 0 radical (unpaired) electrons. The monoisotopic (exact) mass is 937 g/mol. The van der Waals surface area contributed by atoms with Gasteiger partial charge < -0.3 is 4.74 Å². The van der Waals surface area contributed by atoms with Crippen molar-refractivity contribution in [3.8, 4) is 40.4 Å². The molecule has 3 saturated heterocycles. The number of thiol groups is 1. The summed E-state index contributed by atoms with van der Waals surface area (Å²) < 4.78 is 73.6. The number of aromatic nitrogens is 3. The van der Waals surface area contributed by atoms with Gasteiger partial charge in [0.2, 0.25) is 0 Å². The number of methoxy groups -OCH3 is 1. The number of anilines is 1. The van der Waals surface area contributed by atoms with E-state index in [4.69, 9.17) is 33.3 Å². The van der Waals surface area contributed by atoms with Crippen LogP contribution >= 0.6 is 7.81 Å². The summed E-state index contributed by atoms with van der Waals surface area (Å²) in [5.74, 6) is 2.32. The second kappa shape index (κ2) is 19.1. The predicted octanol–water partition coefficient (Wildman–Crippen LogP) is 11.2. The molecular formula is C47H61F3N6O5PSSi-. The van der Waals surface area contributed by atoms with Crippen LogP contribution in [0.25, 0.3) is 32.9 Å². The normalized spacial score (nSPS) is 19.6. The van der Waals surface area contributed by atoms with E-state index in [1.165, 1.54) is 18.2 Å². The van der Waals surface area contributed by atoms with E-state index in [1.54, 1.807) is 44.0 Å². The van der Waals surface area contributed by atoms with Gasteiger partial charge in [0.05, 0.1) is 5.54 Å². The zero-order chi connectivity index (χ0) is 46.3. The Morgan fingerprint density at radius 2 is 1.70 bits per heavy atom. The first-order valence-electron chi connectivity index (χ1n) is 22.4. The quantitative estimate of drug-likeness (QED) is 0.0502. The van der Waals surface area contributed by atoms with Crippen LogP contribution < -0.4 is 18.7 Å². The summed E-state index contributed by atoms with van der Waals surface area (Å²) in [7, 11) is 3.33. The molecule has 11 nitrogen and oxygen atoms in total.